The fourth-order valence-electron chi connectivity index (χ4n) is 2.64. The second-order valence-corrected chi connectivity index (χ2v) is 5.58. The molecule has 2 rings (SSSR count). The molecule has 2 N–H and O–H groups in total. The van der Waals surface area contributed by atoms with Crippen LogP contribution in [0.15, 0.2) is 24.3 Å². The monoisotopic (exact) mass is 303 g/mol. The largest absolute Gasteiger partial charge is 0.416 e. The lowest BCUT2D eigenvalue weighted by Gasteiger charge is -2.27. The molecule has 1 heterocycles. The first-order valence-corrected chi connectivity index (χ1v) is 7.01. The average molecular weight is 303 g/mol. The van der Waals surface area contributed by atoms with Gasteiger partial charge in [0.2, 0.25) is 0 Å². The van der Waals surface area contributed by atoms with Gasteiger partial charge in [0.05, 0.1) is 12.2 Å². The topological polar surface area (TPSA) is 41.5 Å². The maximum absolute atomic E-state index is 12.6. The number of benzene rings is 1. The number of aliphatic hydroxyl groups excluding tert-OH is 1. The van der Waals surface area contributed by atoms with Crippen molar-refractivity contribution < 1.29 is 23.0 Å². The van der Waals surface area contributed by atoms with Crippen LogP contribution in [0, 0.1) is 5.41 Å². The van der Waals surface area contributed by atoms with Gasteiger partial charge in [0.15, 0.2) is 0 Å². The van der Waals surface area contributed by atoms with Crippen molar-refractivity contribution in [3.05, 3.63) is 35.4 Å². The van der Waals surface area contributed by atoms with Gasteiger partial charge in [-0.1, -0.05) is 18.2 Å². The van der Waals surface area contributed by atoms with Crippen LogP contribution in [0.4, 0.5) is 13.2 Å². The molecule has 118 valence electrons. The molecule has 0 spiro atoms. The fraction of sp³-hybridized carbons (Fsp3) is 0.600. The number of alkyl halides is 3. The van der Waals surface area contributed by atoms with Gasteiger partial charge in [-0.2, -0.15) is 13.2 Å². The molecule has 1 atom stereocenters. The Balaban J connectivity index is 1.91. The highest BCUT2D eigenvalue weighted by molar-refractivity contribution is 5.25. The smallest absolute Gasteiger partial charge is 0.396 e. The summed E-state index contributed by atoms with van der Waals surface area (Å²) in [6.45, 7) is 2.35. The van der Waals surface area contributed by atoms with Crippen LogP contribution in [0.3, 0.4) is 0 Å². The van der Waals surface area contributed by atoms with E-state index in [1.54, 1.807) is 6.07 Å². The Morgan fingerprint density at radius 1 is 1.33 bits per heavy atom. The van der Waals surface area contributed by atoms with Crippen LogP contribution < -0.4 is 5.32 Å². The molecule has 1 unspecified atom stereocenters. The Labute approximate surface area is 122 Å². The standard InChI is InChI=1S/C15H20F3NO2/c16-15(17,18)13-3-1-2-12(8-13)9-19-10-14(4-6-20)5-7-21-11-14/h1-3,8,19-20H,4-7,9-11H2. The Kier molecular flexibility index (Phi) is 5.24. The molecule has 0 aromatic heterocycles. The number of rotatable bonds is 6. The van der Waals surface area contributed by atoms with E-state index in [0.29, 0.717) is 38.3 Å². The van der Waals surface area contributed by atoms with Gasteiger partial charge in [0.1, 0.15) is 0 Å². The summed E-state index contributed by atoms with van der Waals surface area (Å²) in [6.07, 6.45) is -2.81. The van der Waals surface area contributed by atoms with Gasteiger partial charge in [0.25, 0.3) is 0 Å². The zero-order chi connectivity index (χ0) is 15.3. The summed E-state index contributed by atoms with van der Waals surface area (Å²) >= 11 is 0. The van der Waals surface area contributed by atoms with Crippen molar-refractivity contribution in [3.63, 3.8) is 0 Å². The molecule has 6 heteroatoms. The van der Waals surface area contributed by atoms with Gasteiger partial charge in [0, 0.05) is 31.7 Å². The fourth-order valence-corrected chi connectivity index (χ4v) is 2.64. The lowest BCUT2D eigenvalue weighted by atomic mass is 9.84. The molecule has 0 amide bonds. The minimum Gasteiger partial charge on any atom is -0.396 e. The van der Waals surface area contributed by atoms with Crippen LogP contribution in [0.2, 0.25) is 0 Å². The normalized spacial score (nSPS) is 22.7. The molecule has 1 aromatic carbocycles. The summed E-state index contributed by atoms with van der Waals surface area (Å²) in [5.41, 5.74) is -0.130. The number of aliphatic hydroxyl groups is 1. The third-order valence-electron chi connectivity index (χ3n) is 3.91. The Bertz CT molecular complexity index is 456. The Morgan fingerprint density at radius 2 is 2.14 bits per heavy atom. The summed E-state index contributed by atoms with van der Waals surface area (Å²) in [4.78, 5) is 0. The average Bonchev–Trinajstić information content (AvgIpc) is 2.87. The lowest BCUT2D eigenvalue weighted by Crippen LogP contribution is -2.35. The number of nitrogens with one attached hydrogen (secondary N) is 1. The number of ether oxygens (including phenoxy) is 1. The van der Waals surface area contributed by atoms with Crippen LogP contribution in [-0.4, -0.2) is 31.5 Å². The van der Waals surface area contributed by atoms with E-state index < -0.39 is 11.7 Å². The van der Waals surface area contributed by atoms with Gasteiger partial charge in [-0.25, -0.2) is 0 Å². The van der Waals surface area contributed by atoms with Crippen molar-refractivity contribution in [2.75, 3.05) is 26.4 Å². The first-order valence-electron chi connectivity index (χ1n) is 7.01. The molecule has 3 nitrogen and oxygen atoms in total. The van der Waals surface area contributed by atoms with E-state index in [9.17, 15) is 13.2 Å². The molecule has 0 bridgehead atoms. The SMILES string of the molecule is OCCC1(CNCc2cccc(C(F)(F)F)c2)CCOC1. The van der Waals surface area contributed by atoms with E-state index in [0.717, 1.165) is 18.6 Å². The molecular formula is C15H20F3NO2. The first-order chi connectivity index (χ1) is 9.95. The molecule has 1 aromatic rings. The predicted molar refractivity (Wildman–Crippen MR) is 72.7 cm³/mol. The minimum atomic E-state index is -4.31. The van der Waals surface area contributed by atoms with Crippen molar-refractivity contribution in [2.24, 2.45) is 5.41 Å². The third-order valence-corrected chi connectivity index (χ3v) is 3.91. The number of halogens is 3. The van der Waals surface area contributed by atoms with E-state index in [1.165, 1.54) is 6.07 Å². The van der Waals surface area contributed by atoms with E-state index in [4.69, 9.17) is 9.84 Å². The molecule has 0 aliphatic carbocycles. The first kappa shape index (κ1) is 16.3. The Morgan fingerprint density at radius 3 is 2.76 bits per heavy atom. The molecular weight excluding hydrogens is 283 g/mol. The van der Waals surface area contributed by atoms with Crippen LogP contribution in [0.25, 0.3) is 0 Å². The van der Waals surface area contributed by atoms with Crippen LogP contribution >= 0.6 is 0 Å². The second-order valence-electron chi connectivity index (χ2n) is 5.58. The van der Waals surface area contributed by atoms with Crippen LogP contribution in [0.1, 0.15) is 24.0 Å². The molecule has 1 saturated heterocycles. The molecule has 21 heavy (non-hydrogen) atoms. The second kappa shape index (κ2) is 6.77. The molecule has 1 fully saturated rings. The van der Waals surface area contributed by atoms with Gasteiger partial charge in [-0.05, 0) is 24.5 Å². The molecule has 1 aliphatic rings. The van der Waals surface area contributed by atoms with Crippen molar-refractivity contribution in [3.8, 4) is 0 Å². The van der Waals surface area contributed by atoms with E-state index in [-0.39, 0.29) is 12.0 Å². The van der Waals surface area contributed by atoms with Crippen molar-refractivity contribution in [1.82, 2.24) is 5.32 Å². The van der Waals surface area contributed by atoms with Crippen LogP contribution in [-0.2, 0) is 17.5 Å². The van der Waals surface area contributed by atoms with Crippen molar-refractivity contribution in [1.29, 1.82) is 0 Å². The summed E-state index contributed by atoms with van der Waals surface area (Å²) < 4.78 is 43.3. The maximum Gasteiger partial charge on any atom is 0.416 e. The lowest BCUT2D eigenvalue weighted by molar-refractivity contribution is -0.137. The maximum atomic E-state index is 12.6. The number of hydrogen-bond donors (Lipinski definition) is 2. The third kappa shape index (κ3) is 4.43. The van der Waals surface area contributed by atoms with Gasteiger partial charge in [-0.15, -0.1) is 0 Å². The zero-order valence-corrected chi connectivity index (χ0v) is 11.7. The van der Waals surface area contributed by atoms with E-state index in [2.05, 4.69) is 5.32 Å². The summed E-state index contributed by atoms with van der Waals surface area (Å²) in [7, 11) is 0. The van der Waals surface area contributed by atoms with Gasteiger partial charge >= 0.3 is 6.18 Å². The van der Waals surface area contributed by atoms with Gasteiger partial charge < -0.3 is 15.2 Å². The van der Waals surface area contributed by atoms with E-state index >= 15 is 0 Å². The molecule has 0 saturated carbocycles. The van der Waals surface area contributed by atoms with Crippen LogP contribution in [0.5, 0.6) is 0 Å². The minimum absolute atomic E-state index is 0.0919. The Hall–Kier alpha value is -1.11. The summed E-state index contributed by atoms with van der Waals surface area (Å²) in [5, 5.41) is 12.3. The predicted octanol–water partition coefficient (Wildman–Crippen LogP) is 2.58. The van der Waals surface area contributed by atoms with Crippen molar-refractivity contribution in [2.45, 2.75) is 25.6 Å². The zero-order valence-electron chi connectivity index (χ0n) is 11.7. The number of hydrogen-bond acceptors (Lipinski definition) is 3. The van der Waals surface area contributed by atoms with Crippen molar-refractivity contribution >= 4 is 0 Å². The highest BCUT2D eigenvalue weighted by Gasteiger charge is 2.34. The molecule has 1 aliphatic heterocycles. The highest BCUT2D eigenvalue weighted by atomic mass is 19.4. The van der Waals surface area contributed by atoms with Gasteiger partial charge in [-0.3, -0.25) is 0 Å². The summed E-state index contributed by atoms with van der Waals surface area (Å²) in [6, 6.07) is 5.33. The summed E-state index contributed by atoms with van der Waals surface area (Å²) in [5.74, 6) is 0. The quantitative estimate of drug-likeness (QED) is 0.849. The van der Waals surface area contributed by atoms with E-state index in [1.807, 2.05) is 0 Å². The molecule has 0 radical (unpaired) electrons. The highest BCUT2D eigenvalue weighted by Crippen LogP contribution is 2.32.